The van der Waals surface area contributed by atoms with Crippen LogP contribution in [-0.4, -0.2) is 50.1 Å². The Hall–Kier alpha value is -0.0800. The predicted octanol–water partition coefficient (Wildman–Crippen LogP) is 5.57. The molecule has 0 radical (unpaired) electrons. The zero-order valence-electron chi connectivity index (χ0n) is 16.2. The van der Waals surface area contributed by atoms with Crippen molar-refractivity contribution in [2.45, 2.75) is 90.9 Å². The molecule has 0 aliphatic heterocycles. The summed E-state index contributed by atoms with van der Waals surface area (Å²) in [5.74, 6) is 0. The Morgan fingerprint density at radius 2 is 0.818 bits per heavy atom. The van der Waals surface area contributed by atoms with Crippen molar-refractivity contribution in [1.82, 2.24) is 9.80 Å². The molecule has 0 atom stereocenters. The first-order valence-corrected chi connectivity index (χ1v) is 10.1. The minimum Gasteiger partial charge on any atom is -0.309 e. The summed E-state index contributed by atoms with van der Waals surface area (Å²) in [4.78, 5) is 5.05. The van der Waals surface area contributed by atoms with Crippen molar-refractivity contribution in [3.63, 3.8) is 0 Å². The van der Waals surface area contributed by atoms with Gasteiger partial charge in [0.15, 0.2) is 0 Å². The summed E-state index contributed by atoms with van der Waals surface area (Å²) < 4.78 is 0. The van der Waals surface area contributed by atoms with Crippen LogP contribution in [0, 0.1) is 0 Å². The molecule has 0 amide bonds. The van der Waals surface area contributed by atoms with Crippen LogP contribution in [0.1, 0.15) is 90.9 Å². The number of hydrogen-bond donors (Lipinski definition) is 0. The lowest BCUT2D eigenvalue weighted by molar-refractivity contribution is 0.254. The number of rotatable bonds is 17. The molecule has 0 unspecified atom stereocenters. The topological polar surface area (TPSA) is 6.48 Å². The van der Waals surface area contributed by atoms with Gasteiger partial charge in [-0.05, 0) is 66.0 Å². The van der Waals surface area contributed by atoms with Gasteiger partial charge in [-0.15, -0.1) is 0 Å². The fraction of sp³-hybridized carbons (Fsp3) is 1.00. The summed E-state index contributed by atoms with van der Waals surface area (Å²) in [5, 5.41) is 0. The van der Waals surface area contributed by atoms with Crippen LogP contribution in [0.5, 0.6) is 0 Å². The summed E-state index contributed by atoms with van der Waals surface area (Å²) in [5.41, 5.74) is 0. The van der Waals surface area contributed by atoms with Gasteiger partial charge in [-0.3, -0.25) is 0 Å². The highest BCUT2D eigenvalue weighted by atomic mass is 15.1. The smallest absolute Gasteiger partial charge is 0.00187 e. The van der Waals surface area contributed by atoms with Crippen LogP contribution < -0.4 is 0 Å². The average Bonchev–Trinajstić information content (AvgIpc) is 2.50. The first-order valence-electron chi connectivity index (χ1n) is 10.1. The van der Waals surface area contributed by atoms with Crippen molar-refractivity contribution < 1.29 is 0 Å². The third-order valence-corrected chi connectivity index (χ3v) is 4.49. The van der Waals surface area contributed by atoms with Crippen molar-refractivity contribution in [1.29, 1.82) is 0 Å². The quantitative estimate of drug-likeness (QED) is 0.324. The van der Waals surface area contributed by atoms with Crippen LogP contribution in [0.4, 0.5) is 0 Å². The van der Waals surface area contributed by atoms with Crippen molar-refractivity contribution in [2.24, 2.45) is 0 Å². The Morgan fingerprint density at radius 3 is 1.18 bits per heavy atom. The Morgan fingerprint density at radius 1 is 0.455 bits per heavy atom. The van der Waals surface area contributed by atoms with Crippen molar-refractivity contribution >= 4 is 0 Å². The fourth-order valence-electron chi connectivity index (χ4n) is 2.98. The molecule has 2 heteroatoms. The molecule has 0 fully saturated rings. The molecule has 0 aliphatic carbocycles. The fourth-order valence-corrected chi connectivity index (χ4v) is 2.98. The summed E-state index contributed by atoms with van der Waals surface area (Å²) in [7, 11) is 4.35. The normalized spacial score (nSPS) is 11.7. The Balaban J connectivity index is 3.70. The van der Waals surface area contributed by atoms with Gasteiger partial charge in [0.2, 0.25) is 0 Å². The van der Waals surface area contributed by atoms with E-state index < -0.39 is 0 Å². The van der Waals surface area contributed by atoms with Crippen molar-refractivity contribution in [3.8, 4) is 0 Å². The molecule has 134 valence electrons. The van der Waals surface area contributed by atoms with E-state index >= 15 is 0 Å². The summed E-state index contributed by atoms with van der Waals surface area (Å²) in [6, 6.07) is 0. The van der Waals surface area contributed by atoms with Crippen LogP contribution in [0.3, 0.4) is 0 Å². The molecule has 0 aromatic heterocycles. The lowest BCUT2D eigenvalue weighted by Crippen LogP contribution is -2.27. The molecule has 0 heterocycles. The maximum atomic E-state index is 2.75. The largest absolute Gasteiger partial charge is 0.309 e. The molecule has 0 aliphatic rings. The van der Waals surface area contributed by atoms with Crippen molar-refractivity contribution in [3.05, 3.63) is 0 Å². The average molecular weight is 313 g/mol. The predicted molar refractivity (Wildman–Crippen MR) is 102 cm³/mol. The van der Waals surface area contributed by atoms with Gasteiger partial charge in [0.25, 0.3) is 0 Å². The number of hydrogen-bond acceptors (Lipinski definition) is 2. The first-order chi connectivity index (χ1) is 10.7. The van der Waals surface area contributed by atoms with E-state index in [1.165, 1.54) is 103 Å². The van der Waals surface area contributed by atoms with E-state index in [0.717, 1.165) is 0 Å². The molecular weight excluding hydrogens is 268 g/mol. The molecule has 0 N–H and O–H groups in total. The Kier molecular flexibility index (Phi) is 17.2. The van der Waals surface area contributed by atoms with Gasteiger partial charge in [0.05, 0.1) is 0 Å². The lowest BCUT2D eigenvalue weighted by atomic mass is 10.1. The molecule has 2 nitrogen and oxygen atoms in total. The number of unbranched alkanes of at least 4 members (excludes halogenated alkanes) is 9. The minimum absolute atomic E-state index is 1.25. The molecule has 22 heavy (non-hydrogen) atoms. The van der Waals surface area contributed by atoms with E-state index in [1.54, 1.807) is 0 Å². The van der Waals surface area contributed by atoms with E-state index in [2.05, 4.69) is 37.7 Å². The third kappa shape index (κ3) is 16.3. The van der Waals surface area contributed by atoms with Gasteiger partial charge < -0.3 is 9.80 Å². The summed E-state index contributed by atoms with van der Waals surface area (Å²) in [6.07, 6.45) is 16.7. The minimum atomic E-state index is 1.25. The van der Waals surface area contributed by atoms with Gasteiger partial charge in [-0.2, -0.15) is 0 Å². The third-order valence-electron chi connectivity index (χ3n) is 4.49. The molecular formula is C20H44N2. The highest BCUT2D eigenvalue weighted by Crippen LogP contribution is 2.08. The zero-order valence-corrected chi connectivity index (χ0v) is 16.2. The standard InChI is InChI=1S/C20H44N2/c1-5-7-9-14-18-22(19-15-10-8-6-2)20-16-12-11-13-17-21(3)4/h5-20H2,1-4H3. The summed E-state index contributed by atoms with van der Waals surface area (Å²) in [6.45, 7) is 9.86. The van der Waals surface area contributed by atoms with E-state index in [4.69, 9.17) is 0 Å². The Bertz CT molecular complexity index is 192. The lowest BCUT2D eigenvalue weighted by Gasteiger charge is -2.22. The van der Waals surface area contributed by atoms with Crippen LogP contribution in [0.25, 0.3) is 0 Å². The SMILES string of the molecule is CCCCCCN(CCCCCC)CCCCCCN(C)C. The van der Waals surface area contributed by atoms with Gasteiger partial charge in [0, 0.05) is 0 Å². The van der Waals surface area contributed by atoms with Crippen LogP contribution in [0.2, 0.25) is 0 Å². The summed E-state index contributed by atoms with van der Waals surface area (Å²) >= 11 is 0. The second-order valence-corrected chi connectivity index (χ2v) is 7.18. The van der Waals surface area contributed by atoms with Gasteiger partial charge in [-0.1, -0.05) is 65.2 Å². The molecule has 0 saturated carbocycles. The molecule has 0 aromatic carbocycles. The van der Waals surface area contributed by atoms with Crippen LogP contribution in [-0.2, 0) is 0 Å². The van der Waals surface area contributed by atoms with Crippen LogP contribution in [0.15, 0.2) is 0 Å². The van der Waals surface area contributed by atoms with E-state index in [0.29, 0.717) is 0 Å². The highest BCUT2D eigenvalue weighted by Gasteiger charge is 2.04. The molecule has 0 aromatic rings. The molecule has 0 bridgehead atoms. The van der Waals surface area contributed by atoms with Gasteiger partial charge in [-0.25, -0.2) is 0 Å². The first kappa shape index (κ1) is 21.9. The number of nitrogens with zero attached hydrogens (tertiary/aromatic N) is 2. The highest BCUT2D eigenvalue weighted by molar-refractivity contribution is 4.60. The van der Waals surface area contributed by atoms with Gasteiger partial charge >= 0.3 is 0 Å². The van der Waals surface area contributed by atoms with Gasteiger partial charge in [0.1, 0.15) is 0 Å². The van der Waals surface area contributed by atoms with Crippen molar-refractivity contribution in [2.75, 3.05) is 40.3 Å². The molecule has 0 saturated heterocycles. The zero-order chi connectivity index (χ0) is 16.5. The Labute approximate surface area is 141 Å². The second-order valence-electron chi connectivity index (χ2n) is 7.18. The van der Waals surface area contributed by atoms with E-state index in [9.17, 15) is 0 Å². The maximum absolute atomic E-state index is 2.75. The van der Waals surface area contributed by atoms with E-state index in [1.807, 2.05) is 0 Å². The maximum Gasteiger partial charge on any atom is -0.00187 e. The molecule has 0 rings (SSSR count). The molecule has 0 spiro atoms. The van der Waals surface area contributed by atoms with Crippen LogP contribution >= 0.6 is 0 Å². The van der Waals surface area contributed by atoms with E-state index in [-0.39, 0.29) is 0 Å². The second kappa shape index (κ2) is 17.3. The monoisotopic (exact) mass is 312 g/mol.